The lowest BCUT2D eigenvalue weighted by Crippen LogP contribution is -2.47. The fourth-order valence-electron chi connectivity index (χ4n) is 3.61. The van der Waals surface area contributed by atoms with Gasteiger partial charge in [-0.2, -0.15) is 13.2 Å². The third-order valence-corrected chi connectivity index (χ3v) is 5.83. The number of amides is 1. The molecule has 0 N–H and O–H groups in total. The van der Waals surface area contributed by atoms with Gasteiger partial charge in [0.05, 0.1) is 12.0 Å². The van der Waals surface area contributed by atoms with Crippen molar-refractivity contribution in [2.24, 2.45) is 0 Å². The van der Waals surface area contributed by atoms with E-state index in [0.717, 1.165) is 44.2 Å². The monoisotopic (exact) mass is 440 g/mol. The first-order valence-corrected chi connectivity index (χ1v) is 10.7. The van der Waals surface area contributed by atoms with Crippen molar-refractivity contribution in [2.45, 2.75) is 63.8 Å². The van der Waals surface area contributed by atoms with E-state index in [0.29, 0.717) is 5.13 Å². The lowest BCUT2D eigenvalue weighted by molar-refractivity contribution is -0.153. The molecule has 0 saturated heterocycles. The van der Waals surface area contributed by atoms with Gasteiger partial charge in [-0.3, -0.25) is 14.5 Å². The second-order valence-electron chi connectivity index (χ2n) is 7.32. The van der Waals surface area contributed by atoms with Crippen molar-refractivity contribution in [1.29, 1.82) is 0 Å². The van der Waals surface area contributed by atoms with Gasteiger partial charge in [0.25, 0.3) is 5.91 Å². The van der Waals surface area contributed by atoms with Crippen molar-refractivity contribution >= 4 is 28.3 Å². The Kier molecular flexibility index (Phi) is 7.12. The fraction of sp³-hybridized carbons (Fsp3) is 0.476. The molecule has 3 rings (SSSR count). The molecule has 1 unspecified atom stereocenters. The first-order chi connectivity index (χ1) is 14.3. The third kappa shape index (κ3) is 5.59. The highest BCUT2D eigenvalue weighted by Crippen LogP contribution is 2.31. The van der Waals surface area contributed by atoms with Gasteiger partial charge in [-0.05, 0) is 31.4 Å². The molecule has 9 heteroatoms. The average molecular weight is 440 g/mol. The van der Waals surface area contributed by atoms with E-state index >= 15 is 0 Å². The van der Waals surface area contributed by atoms with E-state index in [1.807, 2.05) is 0 Å². The summed E-state index contributed by atoms with van der Waals surface area (Å²) < 4.78 is 43.8. The van der Waals surface area contributed by atoms with Gasteiger partial charge in [0.2, 0.25) is 0 Å². The number of carbonyl (C=O) groups excluding carboxylic acids is 2. The summed E-state index contributed by atoms with van der Waals surface area (Å²) in [5.74, 6) is -1.12. The summed E-state index contributed by atoms with van der Waals surface area (Å²) in [4.78, 5) is 31.2. The summed E-state index contributed by atoms with van der Waals surface area (Å²) in [7, 11) is 0. The highest BCUT2D eigenvalue weighted by molar-refractivity contribution is 7.13. The Morgan fingerprint density at radius 1 is 1.27 bits per heavy atom. The van der Waals surface area contributed by atoms with Crippen LogP contribution < -0.4 is 4.90 Å². The van der Waals surface area contributed by atoms with E-state index in [-0.39, 0.29) is 23.9 Å². The van der Waals surface area contributed by atoms with Crippen LogP contribution in [0.15, 0.2) is 35.8 Å². The molecular weight excluding hydrogens is 417 g/mol. The Morgan fingerprint density at radius 2 is 2.00 bits per heavy atom. The number of anilines is 1. The minimum atomic E-state index is -4.49. The van der Waals surface area contributed by atoms with Gasteiger partial charge in [-0.15, -0.1) is 11.3 Å². The predicted octanol–water partition coefficient (Wildman–Crippen LogP) is 5.00. The molecule has 30 heavy (non-hydrogen) atoms. The highest BCUT2D eigenvalue weighted by atomic mass is 32.1. The number of benzene rings is 1. The number of alkyl halides is 3. The van der Waals surface area contributed by atoms with Crippen LogP contribution in [0.1, 0.15) is 50.2 Å². The predicted molar refractivity (Wildman–Crippen MR) is 107 cm³/mol. The van der Waals surface area contributed by atoms with Gasteiger partial charge in [0.15, 0.2) is 11.2 Å². The van der Waals surface area contributed by atoms with Crippen LogP contribution in [0.3, 0.4) is 0 Å². The van der Waals surface area contributed by atoms with Gasteiger partial charge in [-0.25, -0.2) is 4.98 Å². The number of rotatable bonds is 6. The molecule has 2 aromatic rings. The van der Waals surface area contributed by atoms with Crippen molar-refractivity contribution in [1.82, 2.24) is 4.98 Å². The van der Waals surface area contributed by atoms with Crippen LogP contribution in [0.25, 0.3) is 0 Å². The van der Waals surface area contributed by atoms with E-state index in [4.69, 9.17) is 4.74 Å². The number of esters is 1. The quantitative estimate of drug-likeness (QED) is 0.593. The molecule has 162 valence electrons. The van der Waals surface area contributed by atoms with E-state index in [1.165, 1.54) is 30.4 Å². The SMILES string of the molecule is CC(OC(=O)Cc1cccc(C(F)(F)F)c1)C(=O)N(c1nccs1)C1CCCCC1. The second kappa shape index (κ2) is 9.59. The smallest absolute Gasteiger partial charge is 0.416 e. The summed E-state index contributed by atoms with van der Waals surface area (Å²) in [6, 6.07) is 4.52. The van der Waals surface area contributed by atoms with Crippen molar-refractivity contribution < 1.29 is 27.5 Å². The molecular formula is C21H23F3N2O3S. The minimum absolute atomic E-state index is 0.00187. The topological polar surface area (TPSA) is 59.5 Å². The lowest BCUT2D eigenvalue weighted by Gasteiger charge is -2.33. The zero-order valence-electron chi connectivity index (χ0n) is 16.5. The molecule has 0 aliphatic heterocycles. The maximum atomic E-state index is 13.1. The highest BCUT2D eigenvalue weighted by Gasteiger charge is 2.33. The van der Waals surface area contributed by atoms with Gasteiger partial charge >= 0.3 is 12.1 Å². The molecule has 1 aliphatic carbocycles. The Labute approximate surface area is 176 Å². The number of hydrogen-bond acceptors (Lipinski definition) is 5. The van der Waals surface area contributed by atoms with Crippen LogP contribution in [0, 0.1) is 0 Å². The van der Waals surface area contributed by atoms with Gasteiger partial charge in [0, 0.05) is 17.6 Å². The van der Waals surface area contributed by atoms with Gasteiger partial charge < -0.3 is 4.74 Å². The number of aromatic nitrogens is 1. The Balaban J connectivity index is 1.67. The van der Waals surface area contributed by atoms with Crippen molar-refractivity contribution in [3.05, 3.63) is 47.0 Å². The summed E-state index contributed by atoms with van der Waals surface area (Å²) in [5, 5.41) is 2.34. The summed E-state index contributed by atoms with van der Waals surface area (Å²) in [6.07, 6.45) is 0.596. The molecule has 0 radical (unpaired) electrons. The summed E-state index contributed by atoms with van der Waals surface area (Å²) >= 11 is 1.34. The molecule has 1 fully saturated rings. The van der Waals surface area contributed by atoms with Crippen LogP contribution in [-0.4, -0.2) is 29.0 Å². The van der Waals surface area contributed by atoms with E-state index in [2.05, 4.69) is 4.98 Å². The van der Waals surface area contributed by atoms with Crippen LogP contribution in [0.5, 0.6) is 0 Å². The Morgan fingerprint density at radius 3 is 2.63 bits per heavy atom. The van der Waals surface area contributed by atoms with Crippen molar-refractivity contribution in [3.8, 4) is 0 Å². The lowest BCUT2D eigenvalue weighted by atomic mass is 9.94. The molecule has 1 aliphatic rings. The third-order valence-electron chi connectivity index (χ3n) is 5.06. The normalized spacial score (nSPS) is 16.1. The van der Waals surface area contributed by atoms with Crippen LogP contribution in [-0.2, 0) is 26.9 Å². The van der Waals surface area contributed by atoms with Crippen LogP contribution in [0.4, 0.5) is 18.3 Å². The minimum Gasteiger partial charge on any atom is -0.452 e. The standard InChI is InChI=1S/C21H23F3N2O3S/c1-14(29-18(27)13-15-6-5-7-16(12-15)21(22,23)24)19(28)26(20-25-10-11-30-20)17-8-3-2-4-9-17/h5-7,10-12,14,17H,2-4,8-9,13H2,1H3. The molecule has 1 aromatic heterocycles. The molecule has 1 heterocycles. The molecule has 5 nitrogen and oxygen atoms in total. The van der Waals surface area contributed by atoms with Crippen molar-refractivity contribution in [3.63, 3.8) is 0 Å². The zero-order valence-corrected chi connectivity index (χ0v) is 17.3. The Hall–Kier alpha value is -2.42. The molecule has 1 amide bonds. The number of nitrogens with zero attached hydrogens (tertiary/aromatic N) is 2. The Bertz CT molecular complexity index is 865. The largest absolute Gasteiger partial charge is 0.452 e. The first kappa shape index (κ1) is 22.3. The number of thiazole rings is 1. The van der Waals surface area contributed by atoms with E-state index < -0.39 is 23.8 Å². The number of hydrogen-bond donors (Lipinski definition) is 0. The molecule has 1 aromatic carbocycles. The number of halogens is 3. The van der Waals surface area contributed by atoms with Crippen molar-refractivity contribution in [2.75, 3.05) is 4.90 Å². The van der Waals surface area contributed by atoms with Crippen LogP contribution >= 0.6 is 11.3 Å². The summed E-state index contributed by atoms with van der Waals surface area (Å²) in [6.45, 7) is 1.48. The molecule has 1 atom stereocenters. The molecule has 1 saturated carbocycles. The maximum absolute atomic E-state index is 13.1. The second-order valence-corrected chi connectivity index (χ2v) is 8.19. The maximum Gasteiger partial charge on any atom is 0.416 e. The fourth-order valence-corrected chi connectivity index (χ4v) is 4.33. The number of ether oxygens (including phenoxy) is 1. The average Bonchev–Trinajstić information content (AvgIpc) is 3.22. The summed E-state index contributed by atoms with van der Waals surface area (Å²) in [5.41, 5.74) is -0.650. The first-order valence-electron chi connectivity index (χ1n) is 9.84. The molecule has 0 bridgehead atoms. The van der Waals surface area contributed by atoms with Crippen LogP contribution in [0.2, 0.25) is 0 Å². The zero-order chi connectivity index (χ0) is 21.7. The van der Waals surface area contributed by atoms with Gasteiger partial charge in [-0.1, -0.05) is 37.5 Å². The van der Waals surface area contributed by atoms with E-state index in [9.17, 15) is 22.8 Å². The molecule has 0 spiro atoms. The number of carbonyl (C=O) groups is 2. The van der Waals surface area contributed by atoms with E-state index in [1.54, 1.807) is 16.5 Å². The van der Waals surface area contributed by atoms with Gasteiger partial charge in [0.1, 0.15) is 0 Å².